The summed E-state index contributed by atoms with van der Waals surface area (Å²) in [5.74, 6) is 0.437. The average Bonchev–Trinajstić information content (AvgIpc) is 3.06. The van der Waals surface area contributed by atoms with Crippen LogP contribution in [0.25, 0.3) is 0 Å². The zero-order chi connectivity index (χ0) is 17.9. The lowest BCUT2D eigenvalue weighted by Crippen LogP contribution is -2.41. The fourth-order valence-corrected chi connectivity index (χ4v) is 5.97. The second-order valence-electron chi connectivity index (χ2n) is 6.06. The second kappa shape index (κ2) is 7.58. The quantitative estimate of drug-likeness (QED) is 0.819. The van der Waals surface area contributed by atoms with Gasteiger partial charge in [0, 0.05) is 18.0 Å². The zero-order valence-corrected chi connectivity index (χ0v) is 15.6. The molecular weight excluding hydrogens is 358 g/mol. The maximum Gasteiger partial charge on any atom is 0.263 e. The molecule has 0 radical (unpaired) electrons. The lowest BCUT2D eigenvalue weighted by molar-refractivity contribution is -0.137. The summed E-state index contributed by atoms with van der Waals surface area (Å²) in [6.45, 7) is 2.33. The number of rotatable bonds is 4. The third kappa shape index (κ3) is 4.22. The van der Waals surface area contributed by atoms with Crippen LogP contribution in [0.15, 0.2) is 47.8 Å². The van der Waals surface area contributed by atoms with Crippen LogP contribution in [0.2, 0.25) is 0 Å². The van der Waals surface area contributed by atoms with E-state index >= 15 is 0 Å². The van der Waals surface area contributed by atoms with E-state index in [1.54, 1.807) is 24.0 Å². The summed E-state index contributed by atoms with van der Waals surface area (Å²) in [7, 11) is -3.26. The van der Waals surface area contributed by atoms with Crippen LogP contribution in [-0.2, 0) is 14.6 Å². The summed E-state index contributed by atoms with van der Waals surface area (Å²) in [5, 5.41) is 1.37. The van der Waals surface area contributed by atoms with Crippen LogP contribution >= 0.6 is 11.3 Å². The Morgan fingerprint density at radius 1 is 1.20 bits per heavy atom. The van der Waals surface area contributed by atoms with E-state index in [9.17, 15) is 13.2 Å². The van der Waals surface area contributed by atoms with Gasteiger partial charge in [-0.15, -0.1) is 11.3 Å². The van der Waals surface area contributed by atoms with Crippen LogP contribution in [0.1, 0.15) is 23.5 Å². The first-order chi connectivity index (χ1) is 12.0. The Bertz CT molecular complexity index is 803. The van der Waals surface area contributed by atoms with E-state index < -0.39 is 21.2 Å². The van der Waals surface area contributed by atoms with Crippen LogP contribution in [0, 0.1) is 0 Å². The molecule has 134 valence electrons. The van der Waals surface area contributed by atoms with Gasteiger partial charge in [-0.25, -0.2) is 8.42 Å². The molecule has 7 heteroatoms. The van der Waals surface area contributed by atoms with Crippen LogP contribution in [0.4, 0.5) is 0 Å². The number of nitrogens with zero attached hydrogens (tertiary/aromatic N) is 1. The highest BCUT2D eigenvalue weighted by molar-refractivity contribution is 7.91. The van der Waals surface area contributed by atoms with Crippen molar-refractivity contribution in [2.45, 2.75) is 24.7 Å². The summed E-state index contributed by atoms with van der Waals surface area (Å²) < 4.78 is 30.8. The van der Waals surface area contributed by atoms with Gasteiger partial charge in [0.25, 0.3) is 5.91 Å². The Kier molecular flexibility index (Phi) is 5.44. The van der Waals surface area contributed by atoms with Crippen LogP contribution in [0.3, 0.4) is 0 Å². The minimum Gasteiger partial charge on any atom is -0.481 e. The average molecular weight is 380 g/mol. The number of carbonyl (C=O) groups is 1. The summed E-state index contributed by atoms with van der Waals surface area (Å²) in [4.78, 5) is 15.1. The molecule has 1 aliphatic heterocycles. The van der Waals surface area contributed by atoms with Crippen molar-refractivity contribution in [1.29, 1.82) is 0 Å². The number of benzene rings is 1. The highest BCUT2D eigenvalue weighted by atomic mass is 32.2. The van der Waals surface area contributed by atoms with E-state index in [0.717, 1.165) is 4.88 Å². The highest BCUT2D eigenvalue weighted by Crippen LogP contribution is 2.32. The van der Waals surface area contributed by atoms with E-state index in [1.165, 1.54) is 11.3 Å². The third-order valence-electron chi connectivity index (χ3n) is 4.32. The molecule has 1 amide bonds. The van der Waals surface area contributed by atoms with Crippen molar-refractivity contribution in [3.05, 3.63) is 52.7 Å². The van der Waals surface area contributed by atoms with Crippen molar-refractivity contribution in [3.8, 4) is 5.75 Å². The molecule has 3 rings (SSSR count). The van der Waals surface area contributed by atoms with Crippen molar-refractivity contribution >= 4 is 27.1 Å². The minimum absolute atomic E-state index is 0.0145. The minimum atomic E-state index is -3.26. The zero-order valence-electron chi connectivity index (χ0n) is 14.0. The molecule has 0 bridgehead atoms. The largest absolute Gasteiger partial charge is 0.481 e. The van der Waals surface area contributed by atoms with Crippen LogP contribution < -0.4 is 4.74 Å². The molecule has 1 aromatic carbocycles. The first kappa shape index (κ1) is 17.9. The molecule has 1 aromatic heterocycles. The van der Waals surface area contributed by atoms with E-state index in [-0.39, 0.29) is 18.2 Å². The molecule has 1 saturated heterocycles. The van der Waals surface area contributed by atoms with Gasteiger partial charge in [-0.1, -0.05) is 24.3 Å². The molecule has 5 nitrogen and oxygen atoms in total. The van der Waals surface area contributed by atoms with Crippen LogP contribution in [-0.4, -0.2) is 44.2 Å². The van der Waals surface area contributed by atoms with Crippen molar-refractivity contribution in [3.63, 3.8) is 0 Å². The normalized spacial score (nSPS) is 21.3. The van der Waals surface area contributed by atoms with Gasteiger partial charge >= 0.3 is 0 Å². The first-order valence-electron chi connectivity index (χ1n) is 8.23. The topological polar surface area (TPSA) is 63.7 Å². The first-order valence-corrected chi connectivity index (χ1v) is 10.8. The molecular formula is C18H21NO4S2. The maximum absolute atomic E-state index is 12.7. The van der Waals surface area contributed by atoms with Gasteiger partial charge in [0.2, 0.25) is 0 Å². The molecule has 2 atom stereocenters. The highest BCUT2D eigenvalue weighted by Gasteiger charge is 2.34. The summed E-state index contributed by atoms with van der Waals surface area (Å²) >= 11 is 1.45. The lowest BCUT2D eigenvalue weighted by Gasteiger charge is -2.24. The number of thiophene rings is 1. The Balaban J connectivity index is 1.68. The number of sulfone groups is 1. The van der Waals surface area contributed by atoms with E-state index in [1.807, 2.05) is 35.7 Å². The fraction of sp³-hybridized carbons (Fsp3) is 0.389. The molecule has 0 N–H and O–H groups in total. The standard InChI is InChI=1S/C18H21NO4S2/c1-14(23-15-6-3-2-4-7-15)18(20)19-10-9-17(16-8-5-12-24-16)25(21,22)13-11-19/h2-8,12,14,17H,9-11,13H2,1H3. The SMILES string of the molecule is CC(Oc1ccccc1)C(=O)N1CCC(c2cccs2)S(=O)(=O)CC1. The second-order valence-corrected chi connectivity index (χ2v) is 9.34. The smallest absolute Gasteiger partial charge is 0.263 e. The van der Waals surface area contributed by atoms with Crippen molar-refractivity contribution < 1.29 is 17.9 Å². The van der Waals surface area contributed by atoms with Gasteiger partial charge in [-0.3, -0.25) is 4.79 Å². The molecule has 1 fully saturated rings. The summed E-state index contributed by atoms with van der Waals surface area (Å²) in [6.07, 6.45) is -0.226. The van der Waals surface area contributed by atoms with Crippen molar-refractivity contribution in [1.82, 2.24) is 4.90 Å². The predicted octanol–water partition coefficient (Wildman–Crippen LogP) is 2.90. The number of hydrogen-bond donors (Lipinski definition) is 0. The van der Waals surface area contributed by atoms with Gasteiger partial charge in [0.1, 0.15) is 5.75 Å². The van der Waals surface area contributed by atoms with Crippen molar-refractivity contribution in [2.24, 2.45) is 0 Å². The molecule has 0 saturated carbocycles. The lowest BCUT2D eigenvalue weighted by atomic mass is 10.2. The number of carbonyl (C=O) groups excluding carboxylic acids is 1. The van der Waals surface area contributed by atoms with E-state index in [2.05, 4.69) is 0 Å². The Labute approximate surface area is 152 Å². The maximum atomic E-state index is 12.7. The molecule has 1 aliphatic rings. The summed E-state index contributed by atoms with van der Waals surface area (Å²) in [5.41, 5.74) is 0. The van der Waals surface area contributed by atoms with Gasteiger partial charge < -0.3 is 9.64 Å². The molecule has 2 unspecified atom stereocenters. The van der Waals surface area contributed by atoms with Crippen LogP contribution in [0.5, 0.6) is 5.75 Å². The third-order valence-corrected chi connectivity index (χ3v) is 7.56. The number of hydrogen-bond acceptors (Lipinski definition) is 5. The van der Waals surface area contributed by atoms with Gasteiger partial charge in [-0.2, -0.15) is 0 Å². The Morgan fingerprint density at radius 3 is 2.64 bits per heavy atom. The van der Waals surface area contributed by atoms with E-state index in [0.29, 0.717) is 18.7 Å². The molecule has 2 aromatic rings. The number of para-hydroxylation sites is 1. The van der Waals surface area contributed by atoms with Gasteiger partial charge in [0.15, 0.2) is 15.9 Å². The Hall–Kier alpha value is -1.86. The molecule has 2 heterocycles. The number of ether oxygens (including phenoxy) is 1. The number of amides is 1. The summed E-state index contributed by atoms with van der Waals surface area (Å²) in [6, 6.07) is 12.9. The Morgan fingerprint density at radius 2 is 1.96 bits per heavy atom. The van der Waals surface area contributed by atoms with Crippen molar-refractivity contribution in [2.75, 3.05) is 18.8 Å². The van der Waals surface area contributed by atoms with Gasteiger partial charge in [0.05, 0.1) is 11.0 Å². The predicted molar refractivity (Wildman–Crippen MR) is 98.6 cm³/mol. The molecule has 25 heavy (non-hydrogen) atoms. The molecule has 0 spiro atoms. The fourth-order valence-electron chi connectivity index (χ4n) is 2.97. The monoisotopic (exact) mass is 379 g/mol. The molecule has 0 aliphatic carbocycles. The van der Waals surface area contributed by atoms with Gasteiger partial charge in [-0.05, 0) is 36.9 Å². The van der Waals surface area contributed by atoms with E-state index in [4.69, 9.17) is 4.74 Å².